The first-order valence-corrected chi connectivity index (χ1v) is 9.55. The van der Waals surface area contributed by atoms with Crippen molar-refractivity contribution >= 4 is 11.8 Å². The summed E-state index contributed by atoms with van der Waals surface area (Å²) in [5, 5.41) is 16.4. The van der Waals surface area contributed by atoms with Crippen molar-refractivity contribution in [3.63, 3.8) is 0 Å². The summed E-state index contributed by atoms with van der Waals surface area (Å²) in [4.78, 5) is 35.8. The van der Waals surface area contributed by atoms with Crippen LogP contribution in [0.2, 0.25) is 0 Å². The maximum atomic E-state index is 12.7. The fourth-order valence-electron chi connectivity index (χ4n) is 3.22. The predicted molar refractivity (Wildman–Crippen MR) is 109 cm³/mol. The molecule has 0 saturated carbocycles. The summed E-state index contributed by atoms with van der Waals surface area (Å²) >= 11 is 0. The number of aromatic nitrogens is 2. The van der Waals surface area contributed by atoms with Gasteiger partial charge in [-0.15, -0.1) is 0 Å². The molecule has 1 saturated heterocycles. The molecule has 9 nitrogen and oxygen atoms in total. The van der Waals surface area contributed by atoms with Crippen LogP contribution >= 0.6 is 0 Å². The lowest BCUT2D eigenvalue weighted by atomic mass is 10.1. The first-order valence-electron chi connectivity index (χ1n) is 9.55. The molecule has 1 aromatic heterocycles. The fraction of sp³-hybridized carbons (Fsp3) is 0.400. The fourth-order valence-corrected chi connectivity index (χ4v) is 3.22. The van der Waals surface area contributed by atoms with Crippen molar-refractivity contribution in [2.75, 3.05) is 18.0 Å². The Labute approximate surface area is 180 Å². The SMILES string of the molecule is Cn1c(=O)cc(N2CCC[C@@H](N)C2)n(Cc2ccccc2C#N)c1=O.O=C(O)C(F)(F)F. The van der Waals surface area contributed by atoms with Crippen molar-refractivity contribution in [3.8, 4) is 6.07 Å². The molecule has 2 aromatic rings. The van der Waals surface area contributed by atoms with E-state index in [1.165, 1.54) is 13.1 Å². The minimum Gasteiger partial charge on any atom is -0.475 e. The number of alkyl halides is 3. The van der Waals surface area contributed by atoms with E-state index in [-0.39, 0.29) is 18.1 Å². The maximum absolute atomic E-state index is 12.7. The van der Waals surface area contributed by atoms with Gasteiger partial charge in [-0.05, 0) is 24.5 Å². The van der Waals surface area contributed by atoms with Gasteiger partial charge >= 0.3 is 17.8 Å². The Bertz CT molecular complexity index is 1130. The molecule has 0 spiro atoms. The number of anilines is 1. The summed E-state index contributed by atoms with van der Waals surface area (Å²) in [6.07, 6.45) is -3.23. The van der Waals surface area contributed by atoms with E-state index >= 15 is 0 Å². The van der Waals surface area contributed by atoms with Gasteiger partial charge in [-0.2, -0.15) is 18.4 Å². The highest BCUT2D eigenvalue weighted by atomic mass is 19.4. The molecule has 0 aliphatic carbocycles. The Kier molecular flexibility index (Phi) is 7.82. The lowest BCUT2D eigenvalue weighted by Crippen LogP contribution is -2.47. The monoisotopic (exact) mass is 453 g/mol. The van der Waals surface area contributed by atoms with E-state index < -0.39 is 17.8 Å². The normalized spacial score (nSPS) is 16.0. The van der Waals surface area contributed by atoms with Crippen LogP contribution in [0.4, 0.5) is 19.0 Å². The van der Waals surface area contributed by atoms with Crippen molar-refractivity contribution < 1.29 is 23.1 Å². The number of nitriles is 1. The molecule has 32 heavy (non-hydrogen) atoms. The Morgan fingerprint density at radius 2 is 1.94 bits per heavy atom. The highest BCUT2D eigenvalue weighted by Crippen LogP contribution is 2.19. The number of nitrogens with zero attached hydrogens (tertiary/aromatic N) is 4. The molecule has 1 aliphatic heterocycles. The number of hydrogen-bond acceptors (Lipinski definition) is 6. The van der Waals surface area contributed by atoms with Gasteiger partial charge in [-0.3, -0.25) is 13.9 Å². The molecule has 0 unspecified atom stereocenters. The third-order valence-electron chi connectivity index (χ3n) is 4.87. The van der Waals surface area contributed by atoms with E-state index in [2.05, 4.69) is 6.07 Å². The van der Waals surface area contributed by atoms with Crippen LogP contribution < -0.4 is 21.9 Å². The Morgan fingerprint density at radius 3 is 2.50 bits per heavy atom. The van der Waals surface area contributed by atoms with Crippen LogP contribution in [0.15, 0.2) is 39.9 Å². The molecular formula is C20H22F3N5O4. The summed E-state index contributed by atoms with van der Waals surface area (Å²) in [5.74, 6) is -2.19. The quantitative estimate of drug-likeness (QED) is 0.709. The number of aliphatic carboxylic acids is 1. The van der Waals surface area contributed by atoms with E-state index in [9.17, 15) is 28.0 Å². The average molecular weight is 453 g/mol. The van der Waals surface area contributed by atoms with Crippen molar-refractivity contribution in [2.45, 2.75) is 31.6 Å². The zero-order valence-electron chi connectivity index (χ0n) is 17.2. The van der Waals surface area contributed by atoms with Gasteiger partial charge in [0.1, 0.15) is 5.82 Å². The third-order valence-corrected chi connectivity index (χ3v) is 4.87. The minimum absolute atomic E-state index is 0.0211. The molecule has 172 valence electrons. The molecular weight excluding hydrogens is 431 g/mol. The molecule has 0 bridgehead atoms. The van der Waals surface area contributed by atoms with Crippen LogP contribution in [0.1, 0.15) is 24.0 Å². The number of nitrogens with two attached hydrogens (primary N) is 1. The summed E-state index contributed by atoms with van der Waals surface area (Å²) in [5.41, 5.74) is 6.59. The van der Waals surface area contributed by atoms with Gasteiger partial charge in [0.25, 0.3) is 5.56 Å². The number of benzene rings is 1. The number of carboxylic acids is 1. The number of carboxylic acid groups (broad SMARTS) is 1. The predicted octanol–water partition coefficient (Wildman–Crippen LogP) is 1.03. The molecule has 12 heteroatoms. The largest absolute Gasteiger partial charge is 0.490 e. The van der Waals surface area contributed by atoms with Gasteiger partial charge in [0.15, 0.2) is 0 Å². The van der Waals surface area contributed by atoms with E-state index in [0.29, 0.717) is 17.9 Å². The molecule has 3 N–H and O–H groups in total. The maximum Gasteiger partial charge on any atom is 0.490 e. The van der Waals surface area contributed by atoms with E-state index in [1.807, 2.05) is 17.0 Å². The molecule has 1 aromatic carbocycles. The van der Waals surface area contributed by atoms with Crippen LogP contribution in [-0.4, -0.2) is 45.5 Å². The molecule has 1 aliphatic rings. The van der Waals surface area contributed by atoms with Gasteiger partial charge in [0, 0.05) is 32.2 Å². The number of halogens is 3. The highest BCUT2D eigenvalue weighted by molar-refractivity contribution is 5.73. The van der Waals surface area contributed by atoms with Gasteiger partial charge in [0.2, 0.25) is 0 Å². The zero-order valence-corrected chi connectivity index (χ0v) is 17.2. The second-order valence-electron chi connectivity index (χ2n) is 7.19. The van der Waals surface area contributed by atoms with E-state index in [4.69, 9.17) is 15.6 Å². The first-order chi connectivity index (χ1) is 15.0. The van der Waals surface area contributed by atoms with Crippen LogP contribution in [-0.2, 0) is 18.4 Å². The third kappa shape index (κ3) is 5.98. The summed E-state index contributed by atoms with van der Waals surface area (Å²) in [6, 6.07) is 10.8. The van der Waals surface area contributed by atoms with Gasteiger partial charge in [0.05, 0.1) is 18.2 Å². The van der Waals surface area contributed by atoms with E-state index in [0.717, 1.165) is 29.5 Å². The lowest BCUT2D eigenvalue weighted by Gasteiger charge is -2.34. The first kappa shape index (κ1) is 24.7. The average Bonchev–Trinajstić information content (AvgIpc) is 2.74. The molecule has 1 fully saturated rings. The molecule has 0 amide bonds. The second kappa shape index (κ2) is 10.1. The van der Waals surface area contributed by atoms with Crippen LogP contribution in [0.5, 0.6) is 0 Å². The number of piperidine rings is 1. The molecule has 2 heterocycles. The molecule has 0 radical (unpaired) electrons. The van der Waals surface area contributed by atoms with Crippen molar-refractivity contribution in [1.82, 2.24) is 9.13 Å². The van der Waals surface area contributed by atoms with E-state index in [1.54, 1.807) is 16.7 Å². The summed E-state index contributed by atoms with van der Waals surface area (Å²) in [6.45, 7) is 1.59. The second-order valence-corrected chi connectivity index (χ2v) is 7.19. The standard InChI is InChI=1S/C18H21N5O2.C2HF3O2/c1-21-17(24)9-16(22-8-4-7-15(20)12-22)23(18(21)25)11-14-6-3-2-5-13(14)10-19;3-2(4,5)1(6)7/h2-3,5-6,9,15H,4,7-8,11-12,20H2,1H3;(H,6,7)/t15-;/m1./s1. The topological polar surface area (TPSA) is 134 Å². The summed E-state index contributed by atoms with van der Waals surface area (Å²) < 4.78 is 34.4. The van der Waals surface area contributed by atoms with Crippen LogP contribution in [0.25, 0.3) is 0 Å². The van der Waals surface area contributed by atoms with Crippen LogP contribution in [0, 0.1) is 11.3 Å². The van der Waals surface area contributed by atoms with Crippen molar-refractivity contribution in [2.24, 2.45) is 12.8 Å². The lowest BCUT2D eigenvalue weighted by molar-refractivity contribution is -0.192. The molecule has 1 atom stereocenters. The van der Waals surface area contributed by atoms with Crippen LogP contribution in [0.3, 0.4) is 0 Å². The number of hydrogen-bond donors (Lipinski definition) is 2. The van der Waals surface area contributed by atoms with Gasteiger partial charge in [-0.25, -0.2) is 9.59 Å². The minimum atomic E-state index is -5.08. The Morgan fingerprint density at radius 1 is 1.31 bits per heavy atom. The number of carbonyl (C=O) groups is 1. The molecule has 3 rings (SSSR count). The smallest absolute Gasteiger partial charge is 0.475 e. The van der Waals surface area contributed by atoms with Gasteiger partial charge in [-0.1, -0.05) is 18.2 Å². The highest BCUT2D eigenvalue weighted by Gasteiger charge is 2.38. The zero-order chi connectivity index (χ0) is 24.1. The summed E-state index contributed by atoms with van der Waals surface area (Å²) in [7, 11) is 1.46. The Balaban J connectivity index is 0.000000451. The van der Waals surface area contributed by atoms with Crippen molar-refractivity contribution in [3.05, 3.63) is 62.3 Å². The van der Waals surface area contributed by atoms with Gasteiger partial charge < -0.3 is 15.7 Å². The Hall–Kier alpha value is -3.59. The van der Waals surface area contributed by atoms with Crippen molar-refractivity contribution in [1.29, 1.82) is 5.26 Å². The number of rotatable bonds is 3.